The normalized spacial score (nSPS) is 34.4. The third-order valence-corrected chi connectivity index (χ3v) is 7.62. The molecule has 1 saturated carbocycles. The summed E-state index contributed by atoms with van der Waals surface area (Å²) in [6.45, 7) is 0. The van der Waals surface area contributed by atoms with Gasteiger partial charge < -0.3 is 5.32 Å². The van der Waals surface area contributed by atoms with Crippen molar-refractivity contribution in [3.8, 4) is 0 Å². The molecule has 1 aromatic carbocycles. The lowest BCUT2D eigenvalue weighted by molar-refractivity contribution is -0.145. The molecular formula is C21H25N3O3S. The molecule has 3 fully saturated rings. The van der Waals surface area contributed by atoms with E-state index < -0.39 is 17.4 Å². The summed E-state index contributed by atoms with van der Waals surface area (Å²) in [5, 5.41) is 6.44. The van der Waals surface area contributed by atoms with Crippen molar-refractivity contribution in [1.82, 2.24) is 10.2 Å². The highest BCUT2D eigenvalue weighted by atomic mass is 32.2. The maximum atomic E-state index is 13.6. The monoisotopic (exact) mass is 399 g/mol. The Kier molecular flexibility index (Phi) is 4.28. The standard InChI is InChI=1S/C21H25N3O3S/c1-28-11-10-15-16-17(19(26)24(18(16)25)12-6-2-3-7-12)21(23-15)13-8-4-5-9-14(13)22-20(21)27/h4-5,8-9,12,15-17,23H,2-3,6-7,10-11H2,1H3,(H,22,27)/t15-,16+,17+,21+/m0/s1. The Labute approximate surface area is 168 Å². The number of anilines is 1. The number of carbonyl (C=O) groups excluding carboxylic acids is 3. The van der Waals surface area contributed by atoms with Crippen LogP contribution < -0.4 is 10.6 Å². The van der Waals surface area contributed by atoms with Crippen molar-refractivity contribution in [2.75, 3.05) is 17.3 Å². The number of hydrogen-bond donors (Lipinski definition) is 2. The van der Waals surface area contributed by atoms with E-state index in [1.807, 2.05) is 30.5 Å². The van der Waals surface area contributed by atoms with E-state index in [-0.39, 0.29) is 29.8 Å². The first-order valence-corrected chi connectivity index (χ1v) is 11.5. The fourth-order valence-corrected chi connectivity index (χ4v) is 6.29. The average molecular weight is 400 g/mol. The highest BCUT2D eigenvalue weighted by molar-refractivity contribution is 7.98. The predicted molar refractivity (Wildman–Crippen MR) is 108 cm³/mol. The number of thioether (sulfide) groups is 1. The molecule has 3 aliphatic heterocycles. The van der Waals surface area contributed by atoms with Crippen LogP contribution in [0.2, 0.25) is 0 Å². The molecule has 3 heterocycles. The van der Waals surface area contributed by atoms with E-state index in [0.717, 1.165) is 49.1 Å². The number of likely N-dealkylation sites (tertiary alicyclic amines) is 1. The van der Waals surface area contributed by atoms with Crippen molar-refractivity contribution in [2.45, 2.75) is 49.7 Å². The zero-order chi connectivity index (χ0) is 19.5. The minimum atomic E-state index is -1.13. The number of amides is 3. The van der Waals surface area contributed by atoms with Crippen molar-refractivity contribution in [3.63, 3.8) is 0 Å². The molecule has 2 N–H and O–H groups in total. The van der Waals surface area contributed by atoms with Gasteiger partial charge in [0.2, 0.25) is 17.7 Å². The fourth-order valence-electron chi connectivity index (χ4n) is 5.80. The van der Waals surface area contributed by atoms with Crippen molar-refractivity contribution in [2.24, 2.45) is 11.8 Å². The number of nitrogens with zero attached hydrogens (tertiary/aromatic N) is 1. The zero-order valence-electron chi connectivity index (χ0n) is 15.9. The van der Waals surface area contributed by atoms with Gasteiger partial charge in [-0.2, -0.15) is 11.8 Å². The van der Waals surface area contributed by atoms with E-state index in [9.17, 15) is 14.4 Å². The van der Waals surface area contributed by atoms with Crippen LogP contribution in [0.3, 0.4) is 0 Å². The lowest BCUT2D eigenvalue weighted by Crippen LogP contribution is -2.54. The van der Waals surface area contributed by atoms with E-state index in [1.165, 1.54) is 4.90 Å². The molecule has 0 unspecified atom stereocenters. The highest BCUT2D eigenvalue weighted by Crippen LogP contribution is 2.54. The minimum Gasteiger partial charge on any atom is -0.324 e. The Morgan fingerprint density at radius 2 is 1.89 bits per heavy atom. The molecule has 3 amide bonds. The molecule has 0 aromatic heterocycles. The molecule has 0 radical (unpaired) electrons. The second-order valence-corrected chi connectivity index (χ2v) is 9.31. The van der Waals surface area contributed by atoms with E-state index >= 15 is 0 Å². The SMILES string of the molecule is CSCC[C@@H]1N[C@@]2(C(=O)Nc3ccccc32)[C@H]2C(=O)N(C3CCCC3)C(=O)[C@H]12. The summed E-state index contributed by atoms with van der Waals surface area (Å²) >= 11 is 1.72. The van der Waals surface area contributed by atoms with Gasteiger partial charge in [-0.05, 0) is 37.3 Å². The van der Waals surface area contributed by atoms with E-state index in [2.05, 4.69) is 10.6 Å². The molecule has 4 aliphatic rings. The fraction of sp³-hybridized carbons (Fsp3) is 0.571. The van der Waals surface area contributed by atoms with Crippen LogP contribution in [0, 0.1) is 11.8 Å². The zero-order valence-corrected chi connectivity index (χ0v) is 16.8. The smallest absolute Gasteiger partial charge is 0.250 e. The molecule has 148 valence electrons. The van der Waals surface area contributed by atoms with Crippen LogP contribution in [0.4, 0.5) is 5.69 Å². The first-order valence-electron chi connectivity index (χ1n) is 10.1. The number of nitrogens with one attached hydrogen (secondary N) is 2. The van der Waals surface area contributed by atoms with Crippen LogP contribution >= 0.6 is 11.8 Å². The van der Waals surface area contributed by atoms with Crippen LogP contribution in [-0.4, -0.2) is 46.7 Å². The van der Waals surface area contributed by atoms with Gasteiger partial charge in [0.05, 0.1) is 11.8 Å². The van der Waals surface area contributed by atoms with Crippen LogP contribution in [0.1, 0.15) is 37.7 Å². The number of carbonyl (C=O) groups is 3. The van der Waals surface area contributed by atoms with Crippen LogP contribution in [0.5, 0.6) is 0 Å². The summed E-state index contributed by atoms with van der Waals surface area (Å²) in [4.78, 5) is 41.8. The Bertz CT molecular complexity index is 853. The van der Waals surface area contributed by atoms with Gasteiger partial charge in [-0.15, -0.1) is 0 Å². The molecule has 28 heavy (non-hydrogen) atoms. The molecular weight excluding hydrogens is 374 g/mol. The Morgan fingerprint density at radius 3 is 2.64 bits per heavy atom. The third kappa shape index (κ3) is 2.29. The van der Waals surface area contributed by atoms with Crippen LogP contribution in [0.15, 0.2) is 24.3 Å². The Hall–Kier alpha value is -1.86. The topological polar surface area (TPSA) is 78.5 Å². The van der Waals surface area contributed by atoms with E-state index in [4.69, 9.17) is 0 Å². The maximum Gasteiger partial charge on any atom is 0.250 e. The Balaban J connectivity index is 1.61. The summed E-state index contributed by atoms with van der Waals surface area (Å²) in [5.41, 5.74) is 0.407. The van der Waals surface area contributed by atoms with Crippen LogP contribution in [0.25, 0.3) is 0 Å². The molecule has 5 rings (SSSR count). The second-order valence-electron chi connectivity index (χ2n) is 8.33. The van der Waals surface area contributed by atoms with Crippen LogP contribution in [-0.2, 0) is 19.9 Å². The first kappa shape index (κ1) is 18.2. The summed E-state index contributed by atoms with van der Waals surface area (Å²) < 4.78 is 0. The van der Waals surface area contributed by atoms with Gasteiger partial charge in [0.1, 0.15) is 5.54 Å². The summed E-state index contributed by atoms with van der Waals surface area (Å²) in [7, 11) is 0. The van der Waals surface area contributed by atoms with E-state index in [1.54, 1.807) is 11.8 Å². The van der Waals surface area contributed by atoms with Gasteiger partial charge in [-0.1, -0.05) is 31.0 Å². The number of fused-ring (bicyclic) bond motifs is 4. The highest BCUT2D eigenvalue weighted by Gasteiger charge is 2.70. The van der Waals surface area contributed by atoms with Gasteiger partial charge in [0, 0.05) is 23.3 Å². The van der Waals surface area contributed by atoms with Gasteiger partial charge in [0.15, 0.2) is 0 Å². The number of rotatable bonds is 4. The predicted octanol–water partition coefficient (Wildman–Crippen LogP) is 2.10. The molecule has 2 saturated heterocycles. The van der Waals surface area contributed by atoms with Gasteiger partial charge in [-0.3, -0.25) is 24.6 Å². The minimum absolute atomic E-state index is 0.00329. The molecule has 4 atom stereocenters. The number of hydrogen-bond acceptors (Lipinski definition) is 5. The summed E-state index contributed by atoms with van der Waals surface area (Å²) in [5.74, 6) is -0.675. The largest absolute Gasteiger partial charge is 0.324 e. The summed E-state index contributed by atoms with van der Waals surface area (Å²) in [6.07, 6.45) is 6.67. The Morgan fingerprint density at radius 1 is 1.14 bits per heavy atom. The molecule has 0 bridgehead atoms. The quantitative estimate of drug-likeness (QED) is 0.758. The first-order chi connectivity index (χ1) is 13.6. The third-order valence-electron chi connectivity index (χ3n) is 6.98. The van der Waals surface area contributed by atoms with E-state index in [0.29, 0.717) is 0 Å². The van der Waals surface area contributed by atoms with Gasteiger partial charge in [-0.25, -0.2) is 0 Å². The number of para-hydroxylation sites is 1. The molecule has 6 nitrogen and oxygen atoms in total. The molecule has 1 aliphatic carbocycles. The maximum absolute atomic E-state index is 13.6. The molecule has 7 heteroatoms. The lowest BCUT2D eigenvalue weighted by Gasteiger charge is -2.31. The van der Waals surface area contributed by atoms with Gasteiger partial charge in [0.25, 0.3) is 0 Å². The second kappa shape index (κ2) is 6.59. The van der Waals surface area contributed by atoms with Crippen molar-refractivity contribution < 1.29 is 14.4 Å². The molecule has 1 aromatic rings. The van der Waals surface area contributed by atoms with Crippen molar-refractivity contribution in [3.05, 3.63) is 29.8 Å². The van der Waals surface area contributed by atoms with Crippen molar-refractivity contribution in [1.29, 1.82) is 0 Å². The summed E-state index contributed by atoms with van der Waals surface area (Å²) in [6, 6.07) is 7.37. The van der Waals surface area contributed by atoms with Crippen molar-refractivity contribution >= 4 is 35.2 Å². The number of imide groups is 1. The lowest BCUT2D eigenvalue weighted by atomic mass is 9.76. The van der Waals surface area contributed by atoms with Gasteiger partial charge >= 0.3 is 0 Å². The average Bonchev–Trinajstić information content (AvgIpc) is 3.42. The number of benzene rings is 1. The molecule has 1 spiro atoms.